The van der Waals surface area contributed by atoms with Gasteiger partial charge in [-0.2, -0.15) is 0 Å². The quantitative estimate of drug-likeness (QED) is 0.561. The Morgan fingerprint density at radius 2 is 1.61 bits per heavy atom. The van der Waals surface area contributed by atoms with Gasteiger partial charge >= 0.3 is 0 Å². The average Bonchev–Trinajstić information content (AvgIpc) is 3.19. The molecule has 1 N–H and O–H groups in total. The van der Waals surface area contributed by atoms with E-state index in [0.29, 0.717) is 25.5 Å². The number of hydrogen-bond acceptors (Lipinski definition) is 5. The van der Waals surface area contributed by atoms with Crippen molar-refractivity contribution in [3.05, 3.63) is 65.5 Å². The van der Waals surface area contributed by atoms with Crippen LogP contribution in [0.2, 0.25) is 0 Å². The Bertz CT molecular complexity index is 1030. The summed E-state index contributed by atoms with van der Waals surface area (Å²) in [4.78, 5) is 0. The van der Waals surface area contributed by atoms with E-state index in [1.807, 2.05) is 26.0 Å². The molecule has 1 aliphatic rings. The van der Waals surface area contributed by atoms with Gasteiger partial charge in [0.25, 0.3) is 0 Å². The molecule has 3 aromatic rings. The maximum absolute atomic E-state index is 5.87. The minimum Gasteiger partial charge on any atom is -0.493 e. The molecular weight excluding hydrogens is 416 g/mol. The van der Waals surface area contributed by atoms with Crippen molar-refractivity contribution in [3.8, 4) is 28.7 Å². The van der Waals surface area contributed by atoms with Crippen LogP contribution >= 0.6 is 12.4 Å². The zero-order valence-electron chi connectivity index (χ0n) is 18.3. The summed E-state index contributed by atoms with van der Waals surface area (Å²) in [5, 5.41) is 3.69. The summed E-state index contributed by atoms with van der Waals surface area (Å²) < 4.78 is 24.8. The normalized spacial score (nSPS) is 14.5. The van der Waals surface area contributed by atoms with Gasteiger partial charge in [-0.1, -0.05) is 6.07 Å². The molecule has 7 heteroatoms. The Kier molecular flexibility index (Phi) is 7.36. The average molecular weight is 445 g/mol. The largest absolute Gasteiger partial charge is 0.493 e. The summed E-state index contributed by atoms with van der Waals surface area (Å²) in [6.07, 6.45) is 2.09. The third-order valence-corrected chi connectivity index (χ3v) is 5.32. The first-order valence-corrected chi connectivity index (χ1v) is 10.3. The van der Waals surface area contributed by atoms with E-state index in [1.54, 1.807) is 14.2 Å². The summed E-state index contributed by atoms with van der Waals surface area (Å²) in [7, 11) is 3.31. The maximum atomic E-state index is 5.87. The van der Waals surface area contributed by atoms with E-state index in [0.717, 1.165) is 39.8 Å². The highest BCUT2D eigenvalue weighted by Gasteiger charge is 2.25. The lowest BCUT2D eigenvalue weighted by Gasteiger charge is -2.19. The van der Waals surface area contributed by atoms with Crippen LogP contribution in [0.25, 0.3) is 5.69 Å². The molecule has 0 amide bonds. The highest BCUT2D eigenvalue weighted by Crippen LogP contribution is 2.38. The molecule has 0 saturated carbocycles. The standard InChI is InChI=1S/C24H28N2O4.ClH/c1-5-29-22-13-17-15-25-24(16-9-10-20(27-3)21(12-16)28-4)18-8-7-11-26(18)19(17)14-23(22)30-6-2;/h7-14,24-25H,5-6,15H2,1-4H3;1H. The molecular formula is C24H29ClN2O4. The van der Waals surface area contributed by atoms with Crippen molar-refractivity contribution in [2.75, 3.05) is 27.4 Å². The van der Waals surface area contributed by atoms with Crippen molar-refractivity contribution in [3.63, 3.8) is 0 Å². The lowest BCUT2D eigenvalue weighted by Crippen LogP contribution is -2.21. The second-order valence-corrected chi connectivity index (χ2v) is 7.03. The fourth-order valence-electron chi connectivity index (χ4n) is 3.98. The fourth-order valence-corrected chi connectivity index (χ4v) is 3.98. The van der Waals surface area contributed by atoms with Crippen LogP contribution in [-0.2, 0) is 6.54 Å². The first-order valence-electron chi connectivity index (χ1n) is 10.3. The Morgan fingerprint density at radius 3 is 2.29 bits per heavy atom. The molecule has 0 aliphatic carbocycles. The Morgan fingerprint density at radius 1 is 0.903 bits per heavy atom. The summed E-state index contributed by atoms with van der Waals surface area (Å²) in [5.74, 6) is 2.98. The number of nitrogens with zero attached hydrogens (tertiary/aromatic N) is 1. The van der Waals surface area contributed by atoms with Crippen LogP contribution in [-0.4, -0.2) is 32.0 Å². The summed E-state index contributed by atoms with van der Waals surface area (Å²) in [5.41, 5.74) is 4.50. The Hall–Kier alpha value is -2.83. The number of benzene rings is 2. The van der Waals surface area contributed by atoms with Crippen molar-refractivity contribution < 1.29 is 18.9 Å². The molecule has 31 heavy (non-hydrogen) atoms. The number of nitrogens with one attached hydrogen (secondary N) is 1. The van der Waals surface area contributed by atoms with E-state index in [9.17, 15) is 0 Å². The van der Waals surface area contributed by atoms with Gasteiger partial charge in [0.1, 0.15) is 0 Å². The SMILES string of the molecule is CCOc1cc2c(cc1OCC)-n1cccc1C(c1ccc(OC)c(OC)c1)NC2.Cl. The molecule has 1 aliphatic heterocycles. The van der Waals surface area contributed by atoms with Gasteiger partial charge in [0.05, 0.1) is 39.2 Å². The van der Waals surface area contributed by atoms with Gasteiger partial charge in [-0.25, -0.2) is 0 Å². The highest BCUT2D eigenvalue weighted by molar-refractivity contribution is 5.85. The number of fused-ring (bicyclic) bond motifs is 3. The minimum absolute atomic E-state index is 0. The molecule has 0 saturated heterocycles. The number of rotatable bonds is 7. The molecule has 0 spiro atoms. The fraction of sp³-hybridized carbons (Fsp3) is 0.333. The Labute approximate surface area is 189 Å². The van der Waals surface area contributed by atoms with E-state index >= 15 is 0 Å². The van der Waals surface area contributed by atoms with E-state index in [1.165, 1.54) is 0 Å². The van der Waals surface area contributed by atoms with Gasteiger partial charge in [0.15, 0.2) is 23.0 Å². The lowest BCUT2D eigenvalue weighted by molar-refractivity contribution is 0.287. The molecule has 1 atom stereocenters. The summed E-state index contributed by atoms with van der Waals surface area (Å²) >= 11 is 0. The molecule has 166 valence electrons. The molecule has 2 aromatic carbocycles. The van der Waals surface area contributed by atoms with Crippen molar-refractivity contribution in [1.82, 2.24) is 9.88 Å². The minimum atomic E-state index is -0.00158. The van der Waals surface area contributed by atoms with Crippen LogP contribution in [0.3, 0.4) is 0 Å². The first-order chi connectivity index (χ1) is 14.7. The molecule has 2 heterocycles. The molecule has 0 radical (unpaired) electrons. The number of aromatic nitrogens is 1. The van der Waals surface area contributed by atoms with Crippen LogP contribution in [0.5, 0.6) is 23.0 Å². The van der Waals surface area contributed by atoms with Crippen molar-refractivity contribution in [2.24, 2.45) is 0 Å². The second-order valence-electron chi connectivity index (χ2n) is 7.03. The van der Waals surface area contributed by atoms with Gasteiger partial charge in [0.2, 0.25) is 0 Å². The molecule has 1 unspecified atom stereocenters. The van der Waals surface area contributed by atoms with Crippen LogP contribution in [0, 0.1) is 0 Å². The topological polar surface area (TPSA) is 53.9 Å². The maximum Gasteiger partial charge on any atom is 0.163 e. The van der Waals surface area contributed by atoms with Crippen LogP contribution in [0.4, 0.5) is 0 Å². The van der Waals surface area contributed by atoms with Crippen molar-refractivity contribution in [2.45, 2.75) is 26.4 Å². The Balaban J connectivity index is 0.00000272. The summed E-state index contributed by atoms with van der Waals surface area (Å²) in [6.45, 7) is 5.84. The van der Waals surface area contributed by atoms with Crippen molar-refractivity contribution >= 4 is 12.4 Å². The van der Waals surface area contributed by atoms with Gasteiger partial charge in [-0.3, -0.25) is 0 Å². The van der Waals surface area contributed by atoms with E-state index in [2.05, 4.69) is 46.4 Å². The van der Waals surface area contributed by atoms with Gasteiger partial charge in [0, 0.05) is 24.5 Å². The van der Waals surface area contributed by atoms with Gasteiger partial charge in [-0.15, -0.1) is 12.4 Å². The van der Waals surface area contributed by atoms with Crippen LogP contribution < -0.4 is 24.3 Å². The van der Waals surface area contributed by atoms with E-state index in [-0.39, 0.29) is 18.4 Å². The van der Waals surface area contributed by atoms with Crippen molar-refractivity contribution in [1.29, 1.82) is 0 Å². The molecule has 1 aromatic heterocycles. The number of halogens is 1. The van der Waals surface area contributed by atoms with Crippen LogP contribution in [0.15, 0.2) is 48.7 Å². The third kappa shape index (κ3) is 4.31. The molecule has 0 bridgehead atoms. The first kappa shape index (κ1) is 22.8. The predicted octanol–water partition coefficient (Wildman–Crippen LogP) is 4.91. The zero-order chi connectivity index (χ0) is 21.1. The van der Waals surface area contributed by atoms with Gasteiger partial charge < -0.3 is 28.8 Å². The third-order valence-electron chi connectivity index (χ3n) is 5.32. The monoisotopic (exact) mass is 444 g/mol. The predicted molar refractivity (Wildman–Crippen MR) is 124 cm³/mol. The number of hydrogen-bond donors (Lipinski definition) is 1. The molecule has 4 rings (SSSR count). The lowest BCUT2D eigenvalue weighted by atomic mass is 10.0. The molecule has 6 nitrogen and oxygen atoms in total. The second kappa shape index (κ2) is 9.98. The van der Waals surface area contributed by atoms with E-state index in [4.69, 9.17) is 18.9 Å². The number of methoxy groups -OCH3 is 2. The van der Waals surface area contributed by atoms with E-state index < -0.39 is 0 Å². The smallest absolute Gasteiger partial charge is 0.163 e. The molecule has 0 fully saturated rings. The summed E-state index contributed by atoms with van der Waals surface area (Å²) in [6, 6.07) is 14.4. The number of ether oxygens (including phenoxy) is 4. The zero-order valence-corrected chi connectivity index (χ0v) is 19.1. The highest BCUT2D eigenvalue weighted by atomic mass is 35.5. The van der Waals surface area contributed by atoms with Crippen LogP contribution in [0.1, 0.15) is 36.7 Å². The van der Waals surface area contributed by atoms with Gasteiger partial charge in [-0.05, 0) is 55.3 Å².